The molecule has 1 heterocycles. The third-order valence-corrected chi connectivity index (χ3v) is 4.68. The van der Waals surface area contributed by atoms with Gasteiger partial charge in [-0.2, -0.15) is 0 Å². The highest BCUT2D eigenvalue weighted by molar-refractivity contribution is 6.01. The molecule has 0 bridgehead atoms. The Morgan fingerprint density at radius 2 is 1.78 bits per heavy atom. The van der Waals surface area contributed by atoms with Gasteiger partial charge >= 0.3 is 5.97 Å². The minimum atomic E-state index is -0.426. The number of carbonyl (C=O) groups excluding carboxylic acids is 1. The van der Waals surface area contributed by atoms with Gasteiger partial charge in [-0.3, -0.25) is 0 Å². The minimum absolute atomic E-state index is 0.280. The molecule has 5 nitrogen and oxygen atoms in total. The van der Waals surface area contributed by atoms with Crippen molar-refractivity contribution < 1.29 is 9.53 Å². The molecule has 5 heteroatoms. The van der Waals surface area contributed by atoms with Crippen LogP contribution in [0.4, 0.5) is 11.4 Å². The molecule has 3 aromatic rings. The van der Waals surface area contributed by atoms with E-state index < -0.39 is 5.97 Å². The van der Waals surface area contributed by atoms with E-state index in [-0.39, 0.29) is 6.61 Å². The number of anilines is 1. The predicted octanol–water partition coefficient (Wildman–Crippen LogP) is 4.98. The summed E-state index contributed by atoms with van der Waals surface area (Å²) in [6, 6.07) is 15.4. The topological polar surface area (TPSA) is 61.6 Å². The van der Waals surface area contributed by atoms with Gasteiger partial charge in [0.05, 0.1) is 13.2 Å². The molecule has 0 atom stereocenters. The average molecular weight is 359 g/mol. The Morgan fingerprint density at radius 1 is 1.15 bits per heavy atom. The minimum Gasteiger partial charge on any atom is -0.461 e. The molecule has 0 fully saturated rings. The summed E-state index contributed by atoms with van der Waals surface area (Å²) in [6.45, 7) is 11.5. The molecule has 0 aliphatic carbocycles. The zero-order valence-corrected chi connectivity index (χ0v) is 15.6. The Bertz CT molecular complexity index is 1040. The maximum absolute atomic E-state index is 12.5. The number of carbonyl (C=O) groups is 1. The fraction of sp³-hybridized carbons (Fsp3) is 0.182. The lowest BCUT2D eigenvalue weighted by Gasteiger charge is -2.10. The van der Waals surface area contributed by atoms with Gasteiger partial charge in [-0.25, -0.2) is 9.64 Å². The maximum Gasteiger partial charge on any atom is 0.354 e. The normalized spacial score (nSPS) is 10.4. The lowest BCUT2D eigenvalue weighted by Crippen LogP contribution is -2.11. The van der Waals surface area contributed by atoms with Gasteiger partial charge < -0.3 is 15.0 Å². The third-order valence-electron chi connectivity index (χ3n) is 4.68. The van der Waals surface area contributed by atoms with Crippen molar-refractivity contribution in [2.75, 3.05) is 12.3 Å². The van der Waals surface area contributed by atoms with E-state index in [1.165, 1.54) is 0 Å². The van der Waals surface area contributed by atoms with Crippen LogP contribution in [0.5, 0.6) is 0 Å². The van der Waals surface area contributed by atoms with E-state index in [9.17, 15) is 4.79 Å². The summed E-state index contributed by atoms with van der Waals surface area (Å²) in [7, 11) is 1.78. The van der Waals surface area contributed by atoms with Gasteiger partial charge in [0, 0.05) is 29.6 Å². The summed E-state index contributed by atoms with van der Waals surface area (Å²) >= 11 is 0. The first-order valence-electron chi connectivity index (χ1n) is 8.68. The quantitative estimate of drug-likeness (QED) is 0.406. The largest absolute Gasteiger partial charge is 0.461 e. The van der Waals surface area contributed by atoms with Gasteiger partial charge in [-0.15, -0.1) is 0 Å². The van der Waals surface area contributed by atoms with Crippen molar-refractivity contribution in [3.8, 4) is 22.3 Å². The number of benzene rings is 2. The Balaban J connectivity index is 2.14. The van der Waals surface area contributed by atoms with E-state index in [1.54, 1.807) is 18.5 Å². The van der Waals surface area contributed by atoms with Crippen LogP contribution in [0.25, 0.3) is 27.1 Å². The molecule has 3 rings (SSSR count). The lowest BCUT2D eigenvalue weighted by atomic mass is 9.98. The van der Waals surface area contributed by atoms with Gasteiger partial charge in [-0.05, 0) is 31.0 Å². The standard InChI is InChI=1S/C22H21N3O2/c1-5-27-22(26)21-19(20(24-3)14(2)25(21)4)16-12-10-15(11-13-16)17-8-6-7-9-18(17)23/h6-13H,5,23H2,1-2,4H3. The highest BCUT2D eigenvalue weighted by atomic mass is 16.5. The molecule has 0 amide bonds. The lowest BCUT2D eigenvalue weighted by molar-refractivity contribution is 0.0516. The Kier molecular flexibility index (Phi) is 5.00. The fourth-order valence-corrected chi connectivity index (χ4v) is 3.21. The van der Waals surface area contributed by atoms with Gasteiger partial charge in [-0.1, -0.05) is 42.5 Å². The monoisotopic (exact) mass is 359 g/mol. The van der Waals surface area contributed by atoms with Crippen molar-refractivity contribution in [1.82, 2.24) is 4.57 Å². The van der Waals surface area contributed by atoms with Crippen LogP contribution in [0.3, 0.4) is 0 Å². The van der Waals surface area contributed by atoms with Gasteiger partial charge in [0.2, 0.25) is 5.69 Å². The molecule has 0 aliphatic rings. The molecule has 2 aromatic carbocycles. The summed E-state index contributed by atoms with van der Waals surface area (Å²) in [6.07, 6.45) is 0. The maximum atomic E-state index is 12.5. The van der Waals surface area contributed by atoms with Crippen molar-refractivity contribution in [1.29, 1.82) is 0 Å². The summed E-state index contributed by atoms with van der Waals surface area (Å²) in [5.74, 6) is -0.426. The summed E-state index contributed by atoms with van der Waals surface area (Å²) in [5, 5.41) is 0. The second-order valence-electron chi connectivity index (χ2n) is 6.21. The van der Waals surface area contributed by atoms with Crippen LogP contribution in [-0.2, 0) is 11.8 Å². The second-order valence-corrected chi connectivity index (χ2v) is 6.21. The number of hydrogen-bond acceptors (Lipinski definition) is 3. The molecular weight excluding hydrogens is 338 g/mol. The molecule has 0 aliphatic heterocycles. The molecule has 0 unspecified atom stereocenters. The molecule has 0 radical (unpaired) electrons. The molecule has 1 aromatic heterocycles. The van der Waals surface area contributed by atoms with Crippen LogP contribution in [0.1, 0.15) is 23.1 Å². The van der Waals surface area contributed by atoms with Gasteiger partial charge in [0.1, 0.15) is 5.69 Å². The number of para-hydroxylation sites is 1. The van der Waals surface area contributed by atoms with Crippen LogP contribution in [-0.4, -0.2) is 17.1 Å². The molecular formula is C22H21N3O2. The third kappa shape index (κ3) is 3.18. The van der Waals surface area contributed by atoms with Crippen molar-refractivity contribution in [3.63, 3.8) is 0 Å². The number of nitrogen functional groups attached to an aromatic ring is 1. The number of aromatic nitrogens is 1. The van der Waals surface area contributed by atoms with E-state index >= 15 is 0 Å². The van der Waals surface area contributed by atoms with Crippen molar-refractivity contribution in [2.24, 2.45) is 7.05 Å². The molecule has 0 saturated heterocycles. The zero-order chi connectivity index (χ0) is 19.6. The zero-order valence-electron chi connectivity index (χ0n) is 15.6. The number of rotatable bonds is 4. The highest BCUT2D eigenvalue weighted by Crippen LogP contribution is 2.40. The van der Waals surface area contributed by atoms with Gasteiger partial charge in [0.15, 0.2) is 0 Å². The fourth-order valence-electron chi connectivity index (χ4n) is 3.21. The van der Waals surface area contributed by atoms with Crippen molar-refractivity contribution >= 4 is 17.3 Å². The predicted molar refractivity (Wildman–Crippen MR) is 108 cm³/mol. The van der Waals surface area contributed by atoms with E-state index in [4.69, 9.17) is 17.0 Å². The number of hydrogen-bond donors (Lipinski definition) is 1. The summed E-state index contributed by atoms with van der Waals surface area (Å²) in [5.41, 5.74) is 11.7. The van der Waals surface area contributed by atoms with Crippen LogP contribution >= 0.6 is 0 Å². The molecule has 0 spiro atoms. The SMILES string of the molecule is [C-]#[N+]c1c(-c2ccc(-c3ccccc3N)cc2)c(C(=O)OCC)n(C)c1C. The van der Waals surface area contributed by atoms with E-state index in [0.717, 1.165) is 22.4 Å². The van der Waals surface area contributed by atoms with Crippen LogP contribution < -0.4 is 5.73 Å². The number of ether oxygens (including phenoxy) is 1. The Hall–Kier alpha value is -3.52. The number of esters is 1. The van der Waals surface area contributed by atoms with Crippen LogP contribution in [0, 0.1) is 13.5 Å². The molecule has 27 heavy (non-hydrogen) atoms. The van der Waals surface area contributed by atoms with Crippen molar-refractivity contribution in [2.45, 2.75) is 13.8 Å². The second kappa shape index (κ2) is 7.38. The first-order valence-corrected chi connectivity index (χ1v) is 8.68. The number of nitrogens with zero attached hydrogens (tertiary/aromatic N) is 2. The molecule has 2 N–H and O–H groups in total. The first-order chi connectivity index (χ1) is 13.0. The van der Waals surface area contributed by atoms with Crippen LogP contribution in [0.15, 0.2) is 48.5 Å². The van der Waals surface area contributed by atoms with E-state index in [2.05, 4.69) is 4.85 Å². The smallest absolute Gasteiger partial charge is 0.354 e. The highest BCUT2D eigenvalue weighted by Gasteiger charge is 2.25. The summed E-state index contributed by atoms with van der Waals surface area (Å²) < 4.78 is 6.94. The average Bonchev–Trinajstić information content (AvgIpc) is 2.93. The summed E-state index contributed by atoms with van der Waals surface area (Å²) in [4.78, 5) is 16.2. The Labute approximate surface area is 158 Å². The van der Waals surface area contributed by atoms with Gasteiger partial charge in [0.25, 0.3) is 0 Å². The number of nitrogens with two attached hydrogens (primary N) is 1. The first kappa shape index (κ1) is 18.3. The van der Waals surface area contributed by atoms with Crippen LogP contribution in [0.2, 0.25) is 0 Å². The molecule has 0 saturated carbocycles. The van der Waals surface area contributed by atoms with Crippen molar-refractivity contribution in [3.05, 3.63) is 71.3 Å². The Morgan fingerprint density at radius 3 is 2.37 bits per heavy atom. The van der Waals surface area contributed by atoms with E-state index in [0.29, 0.717) is 22.6 Å². The van der Waals surface area contributed by atoms with E-state index in [1.807, 2.05) is 55.5 Å². The molecule has 136 valence electrons.